The number of benzene rings is 3. The van der Waals surface area contributed by atoms with Crippen molar-refractivity contribution in [3.63, 3.8) is 0 Å². The number of hydrogen-bond acceptors (Lipinski definition) is 3. The van der Waals surface area contributed by atoms with Crippen LogP contribution in [0.1, 0.15) is 0 Å². The van der Waals surface area contributed by atoms with Crippen molar-refractivity contribution in [2.75, 3.05) is 5.73 Å². The first-order chi connectivity index (χ1) is 10.6. The second kappa shape index (κ2) is 4.90. The zero-order valence-corrected chi connectivity index (χ0v) is 12.8. The molecule has 0 unspecified atom stereocenters. The summed E-state index contributed by atoms with van der Waals surface area (Å²) in [6.07, 6.45) is 0. The monoisotopic (exact) mass is 328 g/mol. The third kappa shape index (κ3) is 2.02. The average molecular weight is 329 g/mol. The fourth-order valence-electron chi connectivity index (χ4n) is 2.69. The van der Waals surface area contributed by atoms with Crippen molar-refractivity contribution in [2.24, 2.45) is 0 Å². The molecule has 4 rings (SSSR count). The zero-order valence-electron chi connectivity index (χ0n) is 11.3. The van der Waals surface area contributed by atoms with Crippen molar-refractivity contribution in [1.82, 2.24) is 4.98 Å². The third-order valence-corrected chi connectivity index (χ3v) is 4.37. The fraction of sp³-hybridized carbons (Fsp3) is 0. The van der Waals surface area contributed by atoms with Crippen LogP contribution in [-0.4, -0.2) is 4.98 Å². The number of anilines is 1. The lowest BCUT2D eigenvalue weighted by Gasteiger charge is -2.08. The molecule has 1 heterocycles. The number of nitrogen functional groups attached to an aromatic ring is 1. The first-order valence-electron chi connectivity index (χ1n) is 6.66. The van der Waals surface area contributed by atoms with Crippen LogP contribution in [0.15, 0.2) is 52.9 Å². The van der Waals surface area contributed by atoms with E-state index >= 15 is 0 Å². The number of nitrogens with zero attached hydrogens (tertiary/aromatic N) is 1. The van der Waals surface area contributed by atoms with Gasteiger partial charge in [0.1, 0.15) is 5.52 Å². The van der Waals surface area contributed by atoms with Crippen molar-refractivity contribution in [2.45, 2.75) is 0 Å². The second-order valence-corrected chi connectivity index (χ2v) is 5.81. The number of oxazole rings is 1. The molecule has 2 N–H and O–H groups in total. The molecule has 0 saturated carbocycles. The molecule has 0 bridgehead atoms. The summed E-state index contributed by atoms with van der Waals surface area (Å²) in [6, 6.07) is 15.6. The van der Waals surface area contributed by atoms with Crippen LogP contribution in [0.4, 0.5) is 6.01 Å². The number of nitrogens with two attached hydrogens (primary N) is 1. The van der Waals surface area contributed by atoms with E-state index in [-0.39, 0.29) is 6.01 Å². The van der Waals surface area contributed by atoms with Crippen molar-refractivity contribution < 1.29 is 4.42 Å². The molecule has 0 aliphatic rings. The summed E-state index contributed by atoms with van der Waals surface area (Å²) in [5, 5.41) is 3.12. The SMILES string of the molecule is Nc1nc2c(-c3ccc(Cl)c(Cl)c3)c3ccccc3cc2o1. The Morgan fingerprint density at radius 1 is 0.955 bits per heavy atom. The van der Waals surface area contributed by atoms with Crippen LogP contribution in [0.3, 0.4) is 0 Å². The zero-order chi connectivity index (χ0) is 15.3. The van der Waals surface area contributed by atoms with Gasteiger partial charge in [0.25, 0.3) is 6.01 Å². The van der Waals surface area contributed by atoms with E-state index in [0.717, 1.165) is 27.4 Å². The molecule has 0 amide bonds. The van der Waals surface area contributed by atoms with Gasteiger partial charge in [0, 0.05) is 5.56 Å². The number of hydrogen-bond donors (Lipinski definition) is 1. The molecular formula is C17H10Cl2N2O. The standard InChI is InChI=1S/C17H10Cl2N2O/c18-12-6-5-10(7-13(12)19)15-11-4-2-1-3-9(11)8-14-16(15)21-17(20)22-14/h1-8H,(H2,20,21). The lowest BCUT2D eigenvalue weighted by atomic mass is 9.97. The van der Waals surface area contributed by atoms with Crippen LogP contribution < -0.4 is 5.73 Å². The molecule has 5 heteroatoms. The highest BCUT2D eigenvalue weighted by Crippen LogP contribution is 2.38. The molecule has 0 spiro atoms. The van der Waals surface area contributed by atoms with E-state index in [1.807, 2.05) is 42.5 Å². The molecule has 22 heavy (non-hydrogen) atoms. The van der Waals surface area contributed by atoms with Crippen LogP contribution in [0.2, 0.25) is 10.0 Å². The quantitative estimate of drug-likeness (QED) is 0.499. The van der Waals surface area contributed by atoms with Gasteiger partial charge in [-0.1, -0.05) is 53.5 Å². The lowest BCUT2D eigenvalue weighted by Crippen LogP contribution is -1.86. The Morgan fingerprint density at radius 3 is 2.59 bits per heavy atom. The Labute approximate surface area is 136 Å². The molecule has 3 aromatic carbocycles. The maximum Gasteiger partial charge on any atom is 0.293 e. The third-order valence-electron chi connectivity index (χ3n) is 3.63. The van der Waals surface area contributed by atoms with Crippen LogP contribution in [0, 0.1) is 0 Å². The Morgan fingerprint density at radius 2 is 1.77 bits per heavy atom. The van der Waals surface area contributed by atoms with Gasteiger partial charge in [-0.05, 0) is 34.5 Å². The summed E-state index contributed by atoms with van der Waals surface area (Å²) < 4.78 is 5.50. The van der Waals surface area contributed by atoms with Crippen LogP contribution in [0.25, 0.3) is 33.0 Å². The molecule has 108 valence electrons. The Bertz CT molecular complexity index is 1020. The predicted octanol–water partition coefficient (Wildman–Crippen LogP) is 5.54. The summed E-state index contributed by atoms with van der Waals surface area (Å²) >= 11 is 12.2. The number of fused-ring (bicyclic) bond motifs is 2. The van der Waals surface area contributed by atoms with E-state index in [1.54, 1.807) is 6.07 Å². The van der Waals surface area contributed by atoms with E-state index in [2.05, 4.69) is 4.98 Å². The van der Waals surface area contributed by atoms with Crippen molar-refractivity contribution in [3.8, 4) is 11.1 Å². The molecule has 1 aromatic heterocycles. The molecule has 3 nitrogen and oxygen atoms in total. The van der Waals surface area contributed by atoms with Crippen molar-refractivity contribution >= 4 is 51.1 Å². The summed E-state index contributed by atoms with van der Waals surface area (Å²) in [7, 11) is 0. The molecule has 0 saturated heterocycles. The maximum atomic E-state index is 6.17. The van der Waals surface area contributed by atoms with Gasteiger partial charge >= 0.3 is 0 Å². The first kappa shape index (κ1) is 13.4. The second-order valence-electron chi connectivity index (χ2n) is 5.00. The smallest absolute Gasteiger partial charge is 0.293 e. The predicted molar refractivity (Wildman–Crippen MR) is 91.4 cm³/mol. The molecule has 0 radical (unpaired) electrons. The van der Waals surface area contributed by atoms with E-state index in [1.165, 1.54) is 0 Å². The Balaban J connectivity index is 2.18. The summed E-state index contributed by atoms with van der Waals surface area (Å²) in [6.45, 7) is 0. The topological polar surface area (TPSA) is 52.0 Å². The average Bonchev–Trinajstić information content (AvgIpc) is 2.87. The molecular weight excluding hydrogens is 319 g/mol. The molecule has 4 aromatic rings. The van der Waals surface area contributed by atoms with E-state index in [9.17, 15) is 0 Å². The van der Waals surface area contributed by atoms with Gasteiger partial charge in [0.15, 0.2) is 5.58 Å². The van der Waals surface area contributed by atoms with Crippen LogP contribution in [0.5, 0.6) is 0 Å². The normalized spacial score (nSPS) is 11.4. The summed E-state index contributed by atoms with van der Waals surface area (Å²) in [5.74, 6) is 0. The molecule has 0 aliphatic heterocycles. The van der Waals surface area contributed by atoms with Gasteiger partial charge in [-0.15, -0.1) is 0 Å². The van der Waals surface area contributed by atoms with Gasteiger partial charge < -0.3 is 10.2 Å². The Kier molecular flexibility index (Phi) is 2.99. The van der Waals surface area contributed by atoms with Gasteiger partial charge in [-0.3, -0.25) is 0 Å². The van der Waals surface area contributed by atoms with Crippen LogP contribution in [-0.2, 0) is 0 Å². The number of rotatable bonds is 1. The van der Waals surface area contributed by atoms with Crippen LogP contribution >= 0.6 is 23.2 Å². The maximum absolute atomic E-state index is 6.17. The van der Waals surface area contributed by atoms with E-state index < -0.39 is 0 Å². The molecule has 0 atom stereocenters. The lowest BCUT2D eigenvalue weighted by molar-refractivity contribution is 0.626. The highest BCUT2D eigenvalue weighted by Gasteiger charge is 2.15. The summed E-state index contributed by atoms with van der Waals surface area (Å²) in [4.78, 5) is 4.33. The van der Waals surface area contributed by atoms with Gasteiger partial charge in [-0.2, -0.15) is 4.98 Å². The van der Waals surface area contributed by atoms with Gasteiger partial charge in [-0.25, -0.2) is 0 Å². The minimum absolute atomic E-state index is 0.145. The fourth-order valence-corrected chi connectivity index (χ4v) is 2.99. The van der Waals surface area contributed by atoms with Crippen molar-refractivity contribution in [1.29, 1.82) is 0 Å². The van der Waals surface area contributed by atoms with Gasteiger partial charge in [0.2, 0.25) is 0 Å². The largest absolute Gasteiger partial charge is 0.424 e. The number of aromatic nitrogens is 1. The minimum Gasteiger partial charge on any atom is -0.424 e. The number of halogens is 2. The molecule has 0 aliphatic carbocycles. The minimum atomic E-state index is 0.145. The Hall–Kier alpha value is -2.23. The first-order valence-corrected chi connectivity index (χ1v) is 7.42. The van der Waals surface area contributed by atoms with E-state index in [0.29, 0.717) is 15.6 Å². The highest BCUT2D eigenvalue weighted by atomic mass is 35.5. The molecule has 0 fully saturated rings. The van der Waals surface area contributed by atoms with Gasteiger partial charge in [0.05, 0.1) is 10.0 Å². The van der Waals surface area contributed by atoms with E-state index in [4.69, 9.17) is 33.4 Å². The summed E-state index contributed by atoms with van der Waals surface area (Å²) in [5.41, 5.74) is 8.95. The highest BCUT2D eigenvalue weighted by molar-refractivity contribution is 6.42. The van der Waals surface area contributed by atoms with Crippen molar-refractivity contribution in [3.05, 3.63) is 58.6 Å².